The lowest BCUT2D eigenvalue weighted by atomic mass is 10.3. The van der Waals surface area contributed by atoms with Crippen LogP contribution in [0.2, 0.25) is 0 Å². The molecule has 0 amide bonds. The van der Waals surface area contributed by atoms with Crippen molar-refractivity contribution in [1.82, 2.24) is 9.36 Å². The Hall–Kier alpha value is -0.690. The molecule has 7 heteroatoms. The molecule has 1 unspecified atom stereocenters. The molecule has 84 valence electrons. The van der Waals surface area contributed by atoms with E-state index in [1.165, 1.54) is 11.5 Å². The van der Waals surface area contributed by atoms with Gasteiger partial charge >= 0.3 is 0 Å². The first-order valence-corrected chi connectivity index (χ1v) is 7.35. The molecule has 0 N–H and O–H groups in total. The van der Waals surface area contributed by atoms with Gasteiger partial charge in [-0.1, -0.05) is 0 Å². The van der Waals surface area contributed by atoms with Gasteiger partial charge in [0.25, 0.3) is 0 Å². The van der Waals surface area contributed by atoms with Crippen molar-refractivity contribution in [2.75, 3.05) is 23.0 Å². The number of anilines is 1. The van der Waals surface area contributed by atoms with Gasteiger partial charge in [-0.25, -0.2) is 13.4 Å². The third-order valence-electron chi connectivity index (χ3n) is 2.43. The molecule has 1 fully saturated rings. The molecule has 0 aliphatic carbocycles. The fourth-order valence-electron chi connectivity index (χ4n) is 1.69. The van der Waals surface area contributed by atoms with Gasteiger partial charge in [0.2, 0.25) is 5.13 Å². The molecule has 1 aliphatic rings. The molecule has 1 aromatic heterocycles. The quantitative estimate of drug-likeness (QED) is 0.722. The minimum Gasteiger partial charge on any atom is -0.342 e. The molecular formula is C8H13N3O2S2. The van der Waals surface area contributed by atoms with E-state index >= 15 is 0 Å². The number of hydrogen-bond donors (Lipinski definition) is 0. The second kappa shape index (κ2) is 3.71. The van der Waals surface area contributed by atoms with E-state index < -0.39 is 9.84 Å². The molecule has 5 nitrogen and oxygen atoms in total. The van der Waals surface area contributed by atoms with Crippen LogP contribution in [-0.2, 0) is 9.84 Å². The maximum atomic E-state index is 11.4. The lowest BCUT2D eigenvalue weighted by Gasteiger charge is -2.32. The van der Waals surface area contributed by atoms with E-state index in [1.54, 1.807) is 0 Å². The van der Waals surface area contributed by atoms with Crippen molar-refractivity contribution < 1.29 is 8.42 Å². The molecule has 0 bridgehead atoms. The molecule has 0 spiro atoms. The largest absolute Gasteiger partial charge is 0.342 e. The van der Waals surface area contributed by atoms with Crippen LogP contribution in [0.4, 0.5) is 5.13 Å². The summed E-state index contributed by atoms with van der Waals surface area (Å²) in [5, 5.41) is 0.829. The van der Waals surface area contributed by atoms with Crippen molar-refractivity contribution in [1.29, 1.82) is 0 Å². The monoisotopic (exact) mass is 247 g/mol. The molecule has 0 aromatic carbocycles. The summed E-state index contributed by atoms with van der Waals surface area (Å²) in [6, 6.07) is -0.00361. The molecule has 1 atom stereocenters. The second-order valence-corrected chi connectivity index (χ2v) is 6.74. The Balaban J connectivity index is 2.19. The average Bonchev–Trinajstić information content (AvgIpc) is 2.50. The van der Waals surface area contributed by atoms with Gasteiger partial charge in [0.05, 0.1) is 11.5 Å². The zero-order valence-corrected chi connectivity index (χ0v) is 10.3. The lowest BCUT2D eigenvalue weighted by molar-refractivity contribution is 0.568. The average molecular weight is 247 g/mol. The zero-order valence-electron chi connectivity index (χ0n) is 8.67. The topological polar surface area (TPSA) is 63.2 Å². The number of aryl methyl sites for hydroxylation is 1. The number of sulfone groups is 1. The normalized spacial score (nSPS) is 25.5. The minimum absolute atomic E-state index is 0.00361. The molecule has 1 aromatic rings. The molecule has 15 heavy (non-hydrogen) atoms. The molecule has 0 radical (unpaired) electrons. The Kier molecular flexibility index (Phi) is 2.68. The molecule has 1 saturated heterocycles. The van der Waals surface area contributed by atoms with E-state index in [2.05, 4.69) is 9.36 Å². The summed E-state index contributed by atoms with van der Waals surface area (Å²) in [7, 11) is -2.85. The van der Waals surface area contributed by atoms with Crippen LogP contribution in [0.25, 0.3) is 0 Å². The Morgan fingerprint density at radius 3 is 2.80 bits per heavy atom. The summed E-state index contributed by atoms with van der Waals surface area (Å²) in [6.45, 7) is 4.27. The van der Waals surface area contributed by atoms with Crippen molar-refractivity contribution >= 4 is 26.5 Å². The SMILES string of the molecule is Cc1nsc(N2CCS(=O)(=O)CC2C)n1. The first-order valence-electron chi connectivity index (χ1n) is 4.75. The Morgan fingerprint density at radius 1 is 1.53 bits per heavy atom. The van der Waals surface area contributed by atoms with Crippen molar-refractivity contribution in [3.63, 3.8) is 0 Å². The molecular weight excluding hydrogens is 234 g/mol. The van der Waals surface area contributed by atoms with E-state index in [1.807, 2.05) is 18.7 Å². The molecule has 2 heterocycles. The number of aromatic nitrogens is 2. The van der Waals surface area contributed by atoms with Crippen LogP contribution in [-0.4, -0.2) is 41.9 Å². The summed E-state index contributed by atoms with van der Waals surface area (Å²) in [5.41, 5.74) is 0. The highest BCUT2D eigenvalue weighted by Gasteiger charge is 2.29. The Morgan fingerprint density at radius 2 is 2.27 bits per heavy atom. The van der Waals surface area contributed by atoms with E-state index in [0.717, 1.165) is 11.0 Å². The van der Waals surface area contributed by atoms with Gasteiger partial charge < -0.3 is 4.90 Å². The maximum Gasteiger partial charge on any atom is 0.205 e. The summed E-state index contributed by atoms with van der Waals surface area (Å²) < 4.78 is 26.9. The Bertz CT molecular complexity index is 454. The highest BCUT2D eigenvalue weighted by atomic mass is 32.2. The number of nitrogens with zero attached hydrogens (tertiary/aromatic N) is 3. The van der Waals surface area contributed by atoms with Gasteiger partial charge in [-0.3, -0.25) is 0 Å². The van der Waals surface area contributed by atoms with Crippen LogP contribution < -0.4 is 4.90 Å². The first kappa shape index (κ1) is 10.8. The summed E-state index contributed by atoms with van der Waals surface area (Å²) in [4.78, 5) is 6.29. The van der Waals surface area contributed by atoms with Gasteiger partial charge in [-0.15, -0.1) is 0 Å². The fourth-order valence-corrected chi connectivity index (χ4v) is 4.05. The van der Waals surface area contributed by atoms with Crippen molar-refractivity contribution in [2.45, 2.75) is 19.9 Å². The van der Waals surface area contributed by atoms with Crippen LogP contribution in [0.5, 0.6) is 0 Å². The molecule has 1 aliphatic heterocycles. The molecule has 0 saturated carbocycles. The minimum atomic E-state index is -2.85. The smallest absolute Gasteiger partial charge is 0.205 e. The van der Waals surface area contributed by atoms with E-state index in [9.17, 15) is 8.42 Å². The van der Waals surface area contributed by atoms with E-state index in [-0.39, 0.29) is 17.5 Å². The number of rotatable bonds is 1. The number of hydrogen-bond acceptors (Lipinski definition) is 6. The van der Waals surface area contributed by atoms with Gasteiger partial charge in [-0.05, 0) is 13.8 Å². The lowest BCUT2D eigenvalue weighted by Crippen LogP contribution is -2.46. The predicted molar refractivity (Wildman–Crippen MR) is 60.1 cm³/mol. The van der Waals surface area contributed by atoms with Crippen LogP contribution in [0.15, 0.2) is 0 Å². The third kappa shape index (κ3) is 2.28. The summed E-state index contributed by atoms with van der Waals surface area (Å²) in [6.07, 6.45) is 0. The van der Waals surface area contributed by atoms with Crippen molar-refractivity contribution in [3.05, 3.63) is 5.82 Å². The van der Waals surface area contributed by atoms with Crippen LogP contribution in [0.1, 0.15) is 12.7 Å². The first-order chi connectivity index (χ1) is 6.98. The standard InChI is InChI=1S/C8H13N3O2S2/c1-6-5-15(12,13)4-3-11(6)8-9-7(2)10-14-8/h6H,3-5H2,1-2H3. The summed E-state index contributed by atoms with van der Waals surface area (Å²) >= 11 is 1.33. The van der Waals surface area contributed by atoms with Crippen molar-refractivity contribution in [3.8, 4) is 0 Å². The predicted octanol–water partition coefficient (Wildman–Crippen LogP) is 0.470. The highest BCUT2D eigenvalue weighted by Crippen LogP contribution is 2.22. The van der Waals surface area contributed by atoms with Gasteiger partial charge in [-0.2, -0.15) is 4.37 Å². The molecule has 2 rings (SSSR count). The maximum absolute atomic E-state index is 11.4. The van der Waals surface area contributed by atoms with Gasteiger partial charge in [0.1, 0.15) is 5.82 Å². The summed E-state index contributed by atoms with van der Waals surface area (Å²) in [5.74, 6) is 1.18. The highest BCUT2D eigenvalue weighted by molar-refractivity contribution is 7.91. The van der Waals surface area contributed by atoms with Crippen LogP contribution >= 0.6 is 11.5 Å². The van der Waals surface area contributed by atoms with E-state index in [0.29, 0.717) is 6.54 Å². The third-order valence-corrected chi connectivity index (χ3v) is 5.07. The van der Waals surface area contributed by atoms with E-state index in [4.69, 9.17) is 0 Å². The fraction of sp³-hybridized carbons (Fsp3) is 0.750. The van der Waals surface area contributed by atoms with Gasteiger partial charge in [0, 0.05) is 24.1 Å². The Labute approximate surface area is 93.2 Å². The van der Waals surface area contributed by atoms with Crippen molar-refractivity contribution in [2.24, 2.45) is 0 Å². The second-order valence-electron chi connectivity index (χ2n) is 3.78. The zero-order chi connectivity index (χ0) is 11.1. The van der Waals surface area contributed by atoms with Crippen LogP contribution in [0, 0.1) is 6.92 Å². The van der Waals surface area contributed by atoms with Crippen LogP contribution in [0.3, 0.4) is 0 Å². The van der Waals surface area contributed by atoms with Gasteiger partial charge in [0.15, 0.2) is 9.84 Å².